The molecule has 0 radical (unpaired) electrons. The van der Waals surface area contributed by atoms with E-state index in [2.05, 4.69) is 5.32 Å². The molecule has 1 amide bonds. The lowest BCUT2D eigenvalue weighted by molar-refractivity contribution is -0.384. The minimum atomic E-state index is -4.59. The fraction of sp³-hybridized carbons (Fsp3) is 0.235. The van der Waals surface area contributed by atoms with Crippen LogP contribution in [0.4, 0.5) is 24.5 Å². The van der Waals surface area contributed by atoms with Crippen LogP contribution in [-0.2, 0) is 0 Å². The number of hydrogen-bond acceptors (Lipinski definition) is 3. The molecule has 0 bridgehead atoms. The topological polar surface area (TPSA) is 72.2 Å². The molecule has 1 unspecified atom stereocenters. The smallest absolute Gasteiger partial charge is 0.322 e. The summed E-state index contributed by atoms with van der Waals surface area (Å²) < 4.78 is 38.6. The predicted molar refractivity (Wildman–Crippen MR) is 91.6 cm³/mol. The van der Waals surface area contributed by atoms with Gasteiger partial charge in [-0.25, -0.2) is 0 Å². The van der Waals surface area contributed by atoms with E-state index in [0.29, 0.717) is 0 Å². The van der Waals surface area contributed by atoms with E-state index in [1.54, 1.807) is 0 Å². The highest BCUT2D eigenvalue weighted by Crippen LogP contribution is 2.41. The third kappa shape index (κ3) is 4.32. The van der Waals surface area contributed by atoms with Crippen LogP contribution in [-0.4, -0.2) is 17.0 Å². The van der Waals surface area contributed by atoms with Gasteiger partial charge in [0.25, 0.3) is 11.6 Å². The van der Waals surface area contributed by atoms with Crippen molar-refractivity contribution in [1.82, 2.24) is 0 Å². The number of nitrogens with one attached hydrogen (secondary N) is 1. The number of halogens is 4. The molecule has 2 aromatic carbocycles. The fourth-order valence-corrected chi connectivity index (χ4v) is 2.92. The molecule has 26 heavy (non-hydrogen) atoms. The summed E-state index contributed by atoms with van der Waals surface area (Å²) in [5.74, 6) is -0.613. The number of nitro benzene ring substituents is 1. The van der Waals surface area contributed by atoms with Crippen molar-refractivity contribution < 1.29 is 22.9 Å². The standard InChI is InChI=1S/C17H14ClF3N2O3/c1-9-6-12(7-10(2)14(9)15(18)17(19,20)21)22-16(24)11-4-3-5-13(8-11)23(25)26/h3-8,15H,1-2H3,(H,22,24). The van der Waals surface area contributed by atoms with Gasteiger partial charge in [0.15, 0.2) is 5.38 Å². The van der Waals surface area contributed by atoms with E-state index in [4.69, 9.17) is 11.6 Å². The second-order valence-corrected chi connectivity index (χ2v) is 6.13. The van der Waals surface area contributed by atoms with Gasteiger partial charge in [-0.05, 0) is 48.7 Å². The zero-order valence-corrected chi connectivity index (χ0v) is 14.5. The lowest BCUT2D eigenvalue weighted by Gasteiger charge is -2.20. The Labute approximate surface area is 151 Å². The molecule has 0 aromatic heterocycles. The van der Waals surface area contributed by atoms with Crippen LogP contribution in [0.25, 0.3) is 0 Å². The van der Waals surface area contributed by atoms with Crippen molar-refractivity contribution in [2.24, 2.45) is 0 Å². The lowest BCUT2D eigenvalue weighted by Crippen LogP contribution is -2.18. The van der Waals surface area contributed by atoms with Crippen molar-refractivity contribution in [2.75, 3.05) is 5.32 Å². The van der Waals surface area contributed by atoms with Crippen LogP contribution in [0.15, 0.2) is 36.4 Å². The van der Waals surface area contributed by atoms with E-state index in [-0.39, 0.29) is 33.6 Å². The van der Waals surface area contributed by atoms with Crippen LogP contribution in [0.1, 0.15) is 32.4 Å². The summed E-state index contributed by atoms with van der Waals surface area (Å²) in [6, 6.07) is 7.87. The number of alkyl halides is 4. The summed E-state index contributed by atoms with van der Waals surface area (Å²) in [6.45, 7) is 2.93. The molecule has 0 aliphatic carbocycles. The van der Waals surface area contributed by atoms with E-state index < -0.39 is 22.4 Å². The van der Waals surface area contributed by atoms with Crippen molar-refractivity contribution in [3.8, 4) is 0 Å². The second kappa shape index (κ2) is 7.33. The summed E-state index contributed by atoms with van der Waals surface area (Å²) in [7, 11) is 0. The number of aryl methyl sites for hydroxylation is 2. The summed E-state index contributed by atoms with van der Waals surface area (Å²) in [5.41, 5.74) is 0.576. The van der Waals surface area contributed by atoms with Gasteiger partial charge in [0.05, 0.1) is 4.92 Å². The highest BCUT2D eigenvalue weighted by molar-refractivity contribution is 6.21. The monoisotopic (exact) mass is 386 g/mol. The number of nitro groups is 1. The van der Waals surface area contributed by atoms with Gasteiger partial charge in [-0.15, -0.1) is 11.6 Å². The molecule has 1 N–H and O–H groups in total. The largest absolute Gasteiger partial charge is 0.408 e. The maximum absolute atomic E-state index is 12.9. The summed E-state index contributed by atoms with van der Waals surface area (Å²) in [4.78, 5) is 22.4. The number of rotatable bonds is 4. The zero-order valence-electron chi connectivity index (χ0n) is 13.7. The summed E-state index contributed by atoms with van der Waals surface area (Å²) in [6.07, 6.45) is -4.59. The first kappa shape index (κ1) is 19.7. The number of benzene rings is 2. The van der Waals surface area contributed by atoms with Crippen molar-refractivity contribution in [2.45, 2.75) is 25.4 Å². The molecule has 2 rings (SSSR count). The Morgan fingerprint density at radius 1 is 1.19 bits per heavy atom. The third-order valence-electron chi connectivity index (χ3n) is 3.71. The molecule has 0 saturated carbocycles. The molecule has 0 fully saturated rings. The number of carbonyl (C=O) groups is 1. The van der Waals surface area contributed by atoms with Crippen LogP contribution >= 0.6 is 11.6 Å². The van der Waals surface area contributed by atoms with Crippen molar-refractivity contribution >= 4 is 28.9 Å². The van der Waals surface area contributed by atoms with E-state index in [0.717, 1.165) is 6.07 Å². The average Bonchev–Trinajstić information content (AvgIpc) is 2.53. The number of carbonyl (C=O) groups excluding carboxylic acids is 1. The van der Waals surface area contributed by atoms with Gasteiger partial charge in [0.2, 0.25) is 0 Å². The van der Waals surface area contributed by atoms with E-state index in [9.17, 15) is 28.1 Å². The van der Waals surface area contributed by atoms with Crippen LogP contribution in [0.3, 0.4) is 0 Å². The molecule has 0 heterocycles. The molecular weight excluding hydrogens is 373 g/mol. The average molecular weight is 387 g/mol. The molecule has 138 valence electrons. The molecule has 0 aliphatic rings. The zero-order chi connectivity index (χ0) is 19.6. The highest BCUT2D eigenvalue weighted by Gasteiger charge is 2.40. The Hall–Kier alpha value is -2.61. The number of hydrogen-bond donors (Lipinski definition) is 1. The van der Waals surface area contributed by atoms with Gasteiger partial charge in [-0.3, -0.25) is 14.9 Å². The number of non-ortho nitro benzene ring substituents is 1. The van der Waals surface area contributed by atoms with Gasteiger partial charge < -0.3 is 5.32 Å². The first-order chi connectivity index (χ1) is 12.0. The first-order valence-electron chi connectivity index (χ1n) is 7.38. The van der Waals surface area contributed by atoms with Crippen LogP contribution in [0.2, 0.25) is 0 Å². The van der Waals surface area contributed by atoms with E-state index in [1.165, 1.54) is 44.2 Å². The molecule has 9 heteroatoms. The van der Waals surface area contributed by atoms with Crippen LogP contribution in [0, 0.1) is 24.0 Å². The Morgan fingerprint density at radius 2 is 1.77 bits per heavy atom. The van der Waals surface area contributed by atoms with E-state index >= 15 is 0 Å². The SMILES string of the molecule is Cc1cc(NC(=O)c2cccc([N+](=O)[O-])c2)cc(C)c1C(Cl)C(F)(F)F. The number of anilines is 1. The van der Waals surface area contributed by atoms with Gasteiger partial charge in [0, 0.05) is 23.4 Å². The molecule has 0 spiro atoms. The maximum atomic E-state index is 12.9. The number of nitrogens with zero attached hydrogens (tertiary/aromatic N) is 1. The second-order valence-electron chi connectivity index (χ2n) is 5.69. The van der Waals surface area contributed by atoms with Crippen molar-refractivity contribution in [3.63, 3.8) is 0 Å². The van der Waals surface area contributed by atoms with Crippen molar-refractivity contribution in [1.29, 1.82) is 0 Å². The summed E-state index contributed by atoms with van der Waals surface area (Å²) >= 11 is 5.52. The van der Waals surface area contributed by atoms with Crippen LogP contribution in [0.5, 0.6) is 0 Å². The van der Waals surface area contributed by atoms with Crippen molar-refractivity contribution in [3.05, 3.63) is 68.8 Å². The quantitative estimate of drug-likeness (QED) is 0.440. The molecule has 5 nitrogen and oxygen atoms in total. The molecule has 0 saturated heterocycles. The third-order valence-corrected chi connectivity index (χ3v) is 4.18. The van der Waals surface area contributed by atoms with Gasteiger partial charge in [-0.2, -0.15) is 13.2 Å². The Kier molecular flexibility index (Phi) is 5.56. The molecular formula is C17H14ClF3N2O3. The van der Waals surface area contributed by atoms with Gasteiger partial charge >= 0.3 is 6.18 Å². The Bertz CT molecular complexity index is 846. The molecule has 1 atom stereocenters. The highest BCUT2D eigenvalue weighted by atomic mass is 35.5. The van der Waals surface area contributed by atoms with Gasteiger partial charge in [-0.1, -0.05) is 6.07 Å². The minimum Gasteiger partial charge on any atom is -0.322 e. The molecule has 2 aromatic rings. The maximum Gasteiger partial charge on any atom is 0.408 e. The van der Waals surface area contributed by atoms with E-state index in [1.807, 2.05) is 0 Å². The minimum absolute atomic E-state index is 0.0593. The summed E-state index contributed by atoms with van der Waals surface area (Å²) in [5, 5.41) is 11.2. The van der Waals surface area contributed by atoms with Gasteiger partial charge in [0.1, 0.15) is 0 Å². The molecule has 0 aliphatic heterocycles. The Balaban J connectivity index is 2.30. The normalized spacial score (nSPS) is 12.5. The Morgan fingerprint density at radius 3 is 2.27 bits per heavy atom. The lowest BCUT2D eigenvalue weighted by atomic mass is 9.98. The predicted octanol–water partition coefficient (Wildman–Crippen LogP) is 5.31. The first-order valence-corrected chi connectivity index (χ1v) is 7.82. The van der Waals surface area contributed by atoms with Crippen LogP contribution < -0.4 is 5.32 Å². The number of amides is 1. The fourth-order valence-electron chi connectivity index (χ4n) is 2.57.